The van der Waals surface area contributed by atoms with Crippen LogP contribution in [0, 0.1) is 12.8 Å². The number of likely N-dealkylation sites (tertiary alicyclic amines) is 1. The summed E-state index contributed by atoms with van der Waals surface area (Å²) in [6.07, 6.45) is 3.42. The second kappa shape index (κ2) is 12.2. The summed E-state index contributed by atoms with van der Waals surface area (Å²) in [5.74, 6) is 0.281. The zero-order chi connectivity index (χ0) is 27.2. The first-order valence-corrected chi connectivity index (χ1v) is 13.3. The van der Waals surface area contributed by atoms with Crippen LogP contribution in [0.15, 0.2) is 47.4 Å². The van der Waals surface area contributed by atoms with Crippen LogP contribution in [0.5, 0.6) is 11.5 Å². The maximum absolute atomic E-state index is 12.9. The largest absolute Gasteiger partial charge is 0.493 e. The Morgan fingerprint density at radius 1 is 1.11 bits per heavy atom. The van der Waals surface area contributed by atoms with Crippen molar-refractivity contribution in [3.63, 3.8) is 0 Å². The van der Waals surface area contributed by atoms with Crippen molar-refractivity contribution in [2.45, 2.75) is 26.7 Å². The number of methoxy groups -OCH3 is 1. The van der Waals surface area contributed by atoms with Crippen molar-refractivity contribution in [1.82, 2.24) is 9.80 Å². The first kappa shape index (κ1) is 27.3. The van der Waals surface area contributed by atoms with E-state index in [-0.39, 0.29) is 29.9 Å². The van der Waals surface area contributed by atoms with Crippen molar-refractivity contribution in [3.8, 4) is 11.5 Å². The van der Waals surface area contributed by atoms with E-state index in [2.05, 4.69) is 12.2 Å². The van der Waals surface area contributed by atoms with E-state index >= 15 is 0 Å². The first-order chi connectivity index (χ1) is 18.2. The lowest BCUT2D eigenvalue weighted by Gasteiger charge is -2.31. The van der Waals surface area contributed by atoms with Gasteiger partial charge in [-0.05, 0) is 78.9 Å². The SMILES string of the molecule is COc1cc(/C=C2/SC(=O)N(CC(=O)N3CCC(C)CC3)C2=O)ccc1OCC(=O)Nc1cccc(C)c1. The molecule has 2 fully saturated rings. The number of nitrogens with one attached hydrogen (secondary N) is 1. The van der Waals surface area contributed by atoms with Crippen molar-refractivity contribution in [2.24, 2.45) is 5.92 Å². The molecule has 200 valence electrons. The van der Waals surface area contributed by atoms with Crippen LogP contribution in [0.2, 0.25) is 0 Å². The topological polar surface area (TPSA) is 105 Å². The summed E-state index contributed by atoms with van der Waals surface area (Å²) in [6.45, 7) is 4.92. The number of imide groups is 1. The fourth-order valence-corrected chi connectivity index (χ4v) is 5.08. The molecule has 0 saturated carbocycles. The van der Waals surface area contributed by atoms with Gasteiger partial charge in [-0.25, -0.2) is 0 Å². The Hall–Kier alpha value is -3.79. The average Bonchev–Trinajstić information content (AvgIpc) is 3.15. The normalized spacial score (nSPS) is 17.2. The lowest BCUT2D eigenvalue weighted by Crippen LogP contribution is -2.45. The number of thioether (sulfide) groups is 1. The van der Waals surface area contributed by atoms with E-state index < -0.39 is 11.1 Å². The maximum atomic E-state index is 12.9. The van der Waals surface area contributed by atoms with Crippen LogP contribution in [-0.2, 0) is 14.4 Å². The van der Waals surface area contributed by atoms with Crippen molar-refractivity contribution < 1.29 is 28.7 Å². The quantitative estimate of drug-likeness (QED) is 0.500. The van der Waals surface area contributed by atoms with Gasteiger partial charge in [0.05, 0.1) is 12.0 Å². The Bertz CT molecular complexity index is 1270. The molecule has 2 aliphatic rings. The second-order valence-electron chi connectivity index (χ2n) is 9.45. The molecule has 2 aromatic carbocycles. The highest BCUT2D eigenvalue weighted by Crippen LogP contribution is 2.34. The number of hydrogen-bond acceptors (Lipinski definition) is 7. The van der Waals surface area contributed by atoms with Crippen molar-refractivity contribution in [2.75, 3.05) is 38.7 Å². The van der Waals surface area contributed by atoms with Gasteiger partial charge in [-0.1, -0.05) is 25.1 Å². The summed E-state index contributed by atoms with van der Waals surface area (Å²) in [5, 5.41) is 2.32. The third-order valence-electron chi connectivity index (χ3n) is 6.45. The van der Waals surface area contributed by atoms with Crippen molar-refractivity contribution in [3.05, 3.63) is 58.5 Å². The summed E-state index contributed by atoms with van der Waals surface area (Å²) >= 11 is 0.802. The second-order valence-corrected chi connectivity index (χ2v) is 10.4. The van der Waals surface area contributed by atoms with Gasteiger partial charge in [-0.3, -0.25) is 24.1 Å². The average molecular weight is 538 g/mol. The molecule has 10 heteroatoms. The molecule has 38 heavy (non-hydrogen) atoms. The van der Waals surface area contributed by atoms with Gasteiger partial charge < -0.3 is 19.7 Å². The number of nitrogens with zero attached hydrogens (tertiary/aromatic N) is 2. The van der Waals surface area contributed by atoms with Gasteiger partial charge in [0.25, 0.3) is 17.1 Å². The Morgan fingerprint density at radius 3 is 2.58 bits per heavy atom. The maximum Gasteiger partial charge on any atom is 0.294 e. The lowest BCUT2D eigenvalue weighted by atomic mass is 9.99. The fraction of sp³-hybridized carbons (Fsp3) is 0.357. The van der Waals surface area contributed by atoms with Gasteiger partial charge in [-0.2, -0.15) is 0 Å². The molecule has 1 N–H and O–H groups in total. The highest BCUT2D eigenvalue weighted by atomic mass is 32.2. The summed E-state index contributed by atoms with van der Waals surface area (Å²) in [5.41, 5.74) is 2.32. The van der Waals surface area contributed by atoms with Gasteiger partial charge in [0, 0.05) is 18.8 Å². The molecular weight excluding hydrogens is 506 g/mol. The minimum absolute atomic E-state index is 0.213. The van der Waals surface area contributed by atoms with Crippen LogP contribution >= 0.6 is 11.8 Å². The van der Waals surface area contributed by atoms with E-state index in [4.69, 9.17) is 9.47 Å². The number of carbonyl (C=O) groups is 4. The predicted molar refractivity (Wildman–Crippen MR) is 146 cm³/mol. The molecule has 2 heterocycles. The summed E-state index contributed by atoms with van der Waals surface area (Å²) < 4.78 is 11.1. The molecule has 2 saturated heterocycles. The highest BCUT2D eigenvalue weighted by molar-refractivity contribution is 8.18. The van der Waals surface area contributed by atoms with E-state index in [0.29, 0.717) is 41.8 Å². The van der Waals surface area contributed by atoms with Crippen LogP contribution in [-0.4, -0.2) is 66.1 Å². The van der Waals surface area contributed by atoms with Gasteiger partial charge in [0.15, 0.2) is 18.1 Å². The molecule has 0 unspecified atom stereocenters. The molecule has 4 rings (SSSR count). The van der Waals surface area contributed by atoms with E-state index in [9.17, 15) is 19.2 Å². The number of anilines is 1. The summed E-state index contributed by atoms with van der Waals surface area (Å²) in [6, 6.07) is 12.4. The first-order valence-electron chi connectivity index (χ1n) is 12.4. The van der Waals surface area contributed by atoms with E-state index in [1.54, 1.807) is 35.2 Å². The minimum Gasteiger partial charge on any atom is -0.493 e. The third kappa shape index (κ3) is 6.74. The van der Waals surface area contributed by atoms with Crippen LogP contribution in [0.25, 0.3) is 6.08 Å². The Labute approximate surface area is 226 Å². The van der Waals surface area contributed by atoms with Crippen molar-refractivity contribution >= 4 is 46.5 Å². The molecule has 0 bridgehead atoms. The highest BCUT2D eigenvalue weighted by Gasteiger charge is 2.37. The molecule has 2 aromatic rings. The van der Waals surface area contributed by atoms with Crippen LogP contribution in [0.3, 0.4) is 0 Å². The Morgan fingerprint density at radius 2 is 1.87 bits per heavy atom. The molecule has 0 spiro atoms. The Balaban J connectivity index is 1.37. The Kier molecular flexibility index (Phi) is 8.73. The summed E-state index contributed by atoms with van der Waals surface area (Å²) in [4.78, 5) is 53.3. The number of hydrogen-bond donors (Lipinski definition) is 1. The van der Waals surface area contributed by atoms with E-state index in [1.165, 1.54) is 7.11 Å². The van der Waals surface area contributed by atoms with E-state index in [0.717, 1.165) is 35.1 Å². The van der Waals surface area contributed by atoms with Gasteiger partial charge in [-0.15, -0.1) is 0 Å². The smallest absolute Gasteiger partial charge is 0.294 e. The van der Waals surface area contributed by atoms with Gasteiger partial charge in [0.2, 0.25) is 5.91 Å². The van der Waals surface area contributed by atoms with Gasteiger partial charge in [0.1, 0.15) is 6.54 Å². The molecule has 2 aliphatic heterocycles. The lowest BCUT2D eigenvalue weighted by molar-refractivity contribution is -0.136. The van der Waals surface area contributed by atoms with Gasteiger partial charge >= 0.3 is 0 Å². The number of benzene rings is 2. The number of piperidine rings is 1. The molecule has 4 amide bonds. The van der Waals surface area contributed by atoms with Crippen molar-refractivity contribution in [1.29, 1.82) is 0 Å². The third-order valence-corrected chi connectivity index (χ3v) is 7.36. The number of aryl methyl sites for hydroxylation is 1. The van der Waals surface area contributed by atoms with Crippen LogP contribution in [0.4, 0.5) is 10.5 Å². The molecule has 9 nitrogen and oxygen atoms in total. The molecule has 0 aliphatic carbocycles. The van der Waals surface area contributed by atoms with Crippen LogP contribution < -0.4 is 14.8 Å². The van der Waals surface area contributed by atoms with E-state index in [1.807, 2.05) is 25.1 Å². The minimum atomic E-state index is -0.495. The summed E-state index contributed by atoms with van der Waals surface area (Å²) in [7, 11) is 1.47. The molecular formula is C28H31N3O6S. The standard InChI is InChI=1S/C28H31N3O6S/c1-18-9-11-30(12-10-18)26(33)16-31-27(34)24(38-28(31)35)15-20-7-8-22(23(14-20)36-3)37-17-25(32)29-21-6-4-5-19(2)13-21/h4-8,13-15,18H,9-12,16-17H2,1-3H3,(H,29,32)/b24-15+. The number of rotatable bonds is 8. The number of amides is 4. The number of carbonyl (C=O) groups excluding carboxylic acids is 4. The zero-order valence-electron chi connectivity index (χ0n) is 21.7. The molecule has 0 radical (unpaired) electrons. The monoisotopic (exact) mass is 537 g/mol. The fourth-order valence-electron chi connectivity index (χ4n) is 4.24. The zero-order valence-corrected chi connectivity index (χ0v) is 22.5. The molecule has 0 atom stereocenters. The molecule has 0 aromatic heterocycles. The predicted octanol–water partition coefficient (Wildman–Crippen LogP) is 4.32. The van der Waals surface area contributed by atoms with Crippen LogP contribution in [0.1, 0.15) is 30.9 Å². The number of ether oxygens (including phenoxy) is 2.